The van der Waals surface area contributed by atoms with Crippen LogP contribution in [0.2, 0.25) is 0 Å². The Morgan fingerprint density at radius 1 is 1.32 bits per heavy atom. The highest BCUT2D eigenvalue weighted by Crippen LogP contribution is 2.31. The summed E-state index contributed by atoms with van der Waals surface area (Å²) < 4.78 is 45.5. The van der Waals surface area contributed by atoms with Crippen molar-refractivity contribution in [3.8, 4) is 11.2 Å². The molecule has 2 aromatic carbocycles. The van der Waals surface area contributed by atoms with Gasteiger partial charge in [-0.15, -0.1) is 0 Å². The maximum Gasteiger partial charge on any atom is 0.312 e. The van der Waals surface area contributed by atoms with Crippen LogP contribution in [-0.2, 0) is 10.0 Å². The lowest BCUT2D eigenvalue weighted by Gasteiger charge is -2.10. The van der Waals surface area contributed by atoms with Gasteiger partial charge in [0.05, 0.1) is 22.6 Å². The minimum Gasteiger partial charge on any atom is -0.490 e. The number of nitro benzene ring substituents is 1. The van der Waals surface area contributed by atoms with Crippen molar-refractivity contribution in [2.45, 2.75) is 9.79 Å². The summed E-state index contributed by atoms with van der Waals surface area (Å²) in [6, 6.07) is 6.58. The number of rotatable bonds is 6. The zero-order chi connectivity index (χ0) is 18.6. The molecule has 0 amide bonds. The van der Waals surface area contributed by atoms with E-state index in [1.807, 2.05) is 4.72 Å². The van der Waals surface area contributed by atoms with Gasteiger partial charge in [0.1, 0.15) is 11.2 Å². The molecule has 0 radical (unpaired) electrons. The average Bonchev–Trinajstić information content (AvgIpc) is 2.56. The lowest BCUT2D eigenvalue weighted by atomic mass is 10.3. The third-order valence-electron chi connectivity index (χ3n) is 3.01. The van der Waals surface area contributed by atoms with Gasteiger partial charge in [-0.1, -0.05) is 0 Å². The SMILES string of the molecule is COc1ccc(S(=O)(=O)Nc2ccc(SC#N)cc2F)cc1[N+](=O)[O-]. The number of nitrogens with zero attached hydrogens (tertiary/aromatic N) is 2. The number of hydrogen-bond acceptors (Lipinski definition) is 7. The van der Waals surface area contributed by atoms with Crippen molar-refractivity contribution in [2.75, 3.05) is 11.8 Å². The Hall–Kier alpha value is -2.84. The minimum atomic E-state index is -4.26. The molecule has 0 saturated heterocycles. The number of anilines is 1. The topological polar surface area (TPSA) is 122 Å². The van der Waals surface area contributed by atoms with Crippen molar-refractivity contribution in [3.63, 3.8) is 0 Å². The van der Waals surface area contributed by atoms with Crippen molar-refractivity contribution in [1.82, 2.24) is 0 Å². The van der Waals surface area contributed by atoms with Crippen LogP contribution in [0.4, 0.5) is 15.8 Å². The summed E-state index contributed by atoms with van der Waals surface area (Å²) in [7, 11) is -3.05. The van der Waals surface area contributed by atoms with Crippen molar-refractivity contribution < 1.29 is 22.5 Å². The van der Waals surface area contributed by atoms with Crippen LogP contribution in [0.25, 0.3) is 0 Å². The summed E-state index contributed by atoms with van der Waals surface area (Å²) in [6.07, 6.45) is 0. The fourth-order valence-electron chi connectivity index (χ4n) is 1.88. The predicted molar refractivity (Wildman–Crippen MR) is 88.3 cm³/mol. The van der Waals surface area contributed by atoms with Crippen LogP contribution in [0.15, 0.2) is 46.2 Å². The van der Waals surface area contributed by atoms with E-state index in [0.717, 1.165) is 42.1 Å². The van der Waals surface area contributed by atoms with Gasteiger partial charge in [0.2, 0.25) is 0 Å². The molecule has 25 heavy (non-hydrogen) atoms. The molecule has 0 heterocycles. The third-order valence-corrected chi connectivity index (χ3v) is 4.95. The van der Waals surface area contributed by atoms with Crippen molar-refractivity contribution in [2.24, 2.45) is 0 Å². The van der Waals surface area contributed by atoms with E-state index in [1.165, 1.54) is 13.2 Å². The number of benzene rings is 2. The van der Waals surface area contributed by atoms with Gasteiger partial charge in [-0.3, -0.25) is 14.8 Å². The first kappa shape index (κ1) is 18.5. The molecule has 0 atom stereocenters. The summed E-state index contributed by atoms with van der Waals surface area (Å²) in [4.78, 5) is 10.1. The van der Waals surface area contributed by atoms with E-state index >= 15 is 0 Å². The molecule has 1 N–H and O–H groups in total. The second kappa shape index (κ2) is 7.37. The van der Waals surface area contributed by atoms with Crippen LogP contribution in [0.3, 0.4) is 0 Å². The molecule has 0 aliphatic rings. The Morgan fingerprint density at radius 3 is 2.60 bits per heavy atom. The summed E-state index contributed by atoms with van der Waals surface area (Å²) in [5.41, 5.74) is -0.882. The molecule has 130 valence electrons. The molecule has 0 aliphatic heterocycles. The number of nitrogens with one attached hydrogen (secondary N) is 1. The average molecular weight is 383 g/mol. The molecule has 0 saturated carbocycles. The van der Waals surface area contributed by atoms with Gasteiger partial charge in [-0.25, -0.2) is 12.8 Å². The molecule has 2 aromatic rings. The number of sulfonamides is 1. The summed E-state index contributed by atoms with van der Waals surface area (Å²) in [5.74, 6) is -0.986. The molecule has 0 fully saturated rings. The highest BCUT2D eigenvalue weighted by molar-refractivity contribution is 8.03. The molecule has 0 spiro atoms. The molecule has 11 heteroatoms. The fourth-order valence-corrected chi connectivity index (χ4v) is 3.37. The number of halogens is 1. The van der Waals surface area contributed by atoms with Crippen molar-refractivity contribution in [3.05, 3.63) is 52.3 Å². The van der Waals surface area contributed by atoms with E-state index in [0.29, 0.717) is 4.90 Å². The van der Waals surface area contributed by atoms with E-state index in [2.05, 4.69) is 0 Å². The van der Waals surface area contributed by atoms with Crippen LogP contribution < -0.4 is 9.46 Å². The Morgan fingerprint density at radius 2 is 2.04 bits per heavy atom. The minimum absolute atomic E-state index is 0.104. The molecule has 0 aliphatic carbocycles. The zero-order valence-corrected chi connectivity index (χ0v) is 14.2. The van der Waals surface area contributed by atoms with Crippen LogP contribution in [0.1, 0.15) is 0 Å². The molecule has 0 aromatic heterocycles. The first-order chi connectivity index (χ1) is 11.8. The van der Waals surface area contributed by atoms with E-state index in [1.54, 1.807) is 5.40 Å². The lowest BCUT2D eigenvalue weighted by Crippen LogP contribution is -2.14. The largest absolute Gasteiger partial charge is 0.490 e. The molecule has 0 bridgehead atoms. The summed E-state index contributed by atoms with van der Waals surface area (Å²) in [5, 5.41) is 21.3. The van der Waals surface area contributed by atoms with Gasteiger partial charge >= 0.3 is 5.69 Å². The standard InChI is InChI=1S/C14H10FN3O5S2/c1-23-14-5-3-10(7-13(14)18(19)20)25(21,22)17-12-4-2-9(24-8-16)6-11(12)15/h2-7,17H,1H3. The Labute approximate surface area is 146 Å². The second-order valence-corrected chi connectivity index (χ2v) is 7.07. The van der Waals surface area contributed by atoms with Gasteiger partial charge in [0, 0.05) is 11.0 Å². The molecule has 2 rings (SSSR count). The zero-order valence-electron chi connectivity index (χ0n) is 12.6. The number of ether oxygens (including phenoxy) is 1. The number of hydrogen-bond donors (Lipinski definition) is 1. The first-order valence-electron chi connectivity index (χ1n) is 6.49. The molecule has 8 nitrogen and oxygen atoms in total. The fraction of sp³-hybridized carbons (Fsp3) is 0.0714. The van der Waals surface area contributed by atoms with Crippen LogP contribution in [-0.4, -0.2) is 20.5 Å². The highest BCUT2D eigenvalue weighted by atomic mass is 32.2. The Kier molecular flexibility index (Phi) is 5.45. The number of nitriles is 1. The maximum absolute atomic E-state index is 14.0. The lowest BCUT2D eigenvalue weighted by molar-refractivity contribution is -0.386. The molecular formula is C14H10FN3O5S2. The first-order valence-corrected chi connectivity index (χ1v) is 8.79. The normalized spacial score (nSPS) is 10.8. The van der Waals surface area contributed by atoms with Gasteiger partial charge < -0.3 is 4.74 Å². The number of nitro groups is 1. The number of thiocyanates is 1. The Balaban J connectivity index is 2.38. The molecular weight excluding hydrogens is 373 g/mol. The van der Waals surface area contributed by atoms with Crippen molar-refractivity contribution in [1.29, 1.82) is 5.26 Å². The monoisotopic (exact) mass is 383 g/mol. The van der Waals surface area contributed by atoms with Crippen molar-refractivity contribution >= 4 is 33.2 Å². The van der Waals surface area contributed by atoms with E-state index < -0.39 is 31.3 Å². The maximum atomic E-state index is 14.0. The van der Waals surface area contributed by atoms with E-state index in [4.69, 9.17) is 10.00 Å². The van der Waals surface area contributed by atoms with Crippen LogP contribution in [0.5, 0.6) is 5.75 Å². The second-order valence-electron chi connectivity index (χ2n) is 4.53. The number of thioether (sulfide) groups is 1. The quantitative estimate of drug-likeness (QED) is 0.352. The van der Waals surface area contributed by atoms with Crippen LogP contribution >= 0.6 is 11.8 Å². The van der Waals surface area contributed by atoms with Gasteiger partial charge in [0.25, 0.3) is 10.0 Å². The van der Waals surface area contributed by atoms with E-state index in [9.17, 15) is 22.9 Å². The summed E-state index contributed by atoms with van der Waals surface area (Å²) >= 11 is 0.721. The smallest absolute Gasteiger partial charge is 0.312 e. The highest BCUT2D eigenvalue weighted by Gasteiger charge is 2.23. The van der Waals surface area contributed by atoms with Gasteiger partial charge in [-0.05, 0) is 42.1 Å². The predicted octanol–water partition coefficient (Wildman–Crippen LogP) is 3.12. The van der Waals surface area contributed by atoms with Gasteiger partial charge in [0.15, 0.2) is 5.75 Å². The summed E-state index contributed by atoms with van der Waals surface area (Å²) in [6.45, 7) is 0. The third kappa shape index (κ3) is 4.17. The Bertz CT molecular complexity index is 973. The van der Waals surface area contributed by atoms with E-state index in [-0.39, 0.29) is 11.4 Å². The van der Waals surface area contributed by atoms with Crippen LogP contribution in [0, 0.1) is 26.6 Å². The van der Waals surface area contributed by atoms with Gasteiger partial charge in [-0.2, -0.15) is 5.26 Å². The number of methoxy groups -OCH3 is 1. The molecule has 0 unspecified atom stereocenters.